The van der Waals surface area contributed by atoms with Crippen molar-refractivity contribution < 1.29 is 9.53 Å². The summed E-state index contributed by atoms with van der Waals surface area (Å²) in [6, 6.07) is 12.5. The predicted molar refractivity (Wildman–Crippen MR) is 121 cm³/mol. The molecule has 150 valence electrons. The lowest BCUT2D eigenvalue weighted by Gasteiger charge is -2.13. The molecule has 28 heavy (non-hydrogen) atoms. The van der Waals surface area contributed by atoms with Crippen molar-refractivity contribution in [1.29, 1.82) is 0 Å². The molecule has 0 radical (unpaired) electrons. The number of ether oxygens (including phenoxy) is 1. The van der Waals surface area contributed by atoms with E-state index in [0.717, 1.165) is 30.4 Å². The third-order valence-corrected chi connectivity index (χ3v) is 5.26. The van der Waals surface area contributed by atoms with Gasteiger partial charge in [0.1, 0.15) is 5.75 Å². The zero-order chi connectivity index (χ0) is 20.4. The van der Waals surface area contributed by atoms with Gasteiger partial charge in [-0.25, -0.2) is 0 Å². The van der Waals surface area contributed by atoms with Crippen LogP contribution in [-0.2, 0) is 0 Å². The molecular formula is C23H27BrClNO2. The first-order valence-electron chi connectivity index (χ1n) is 9.53. The average Bonchev–Trinajstić information content (AvgIpc) is 2.68. The maximum Gasteiger partial charge on any atom is 0.193 e. The molecule has 0 saturated heterocycles. The normalized spacial score (nSPS) is 10.9. The van der Waals surface area contributed by atoms with Crippen LogP contribution in [0.2, 0.25) is 5.02 Å². The minimum atomic E-state index is -0.0534. The second-order valence-corrected chi connectivity index (χ2v) is 8.12. The lowest BCUT2D eigenvalue weighted by Crippen LogP contribution is -2.19. The van der Waals surface area contributed by atoms with Crippen molar-refractivity contribution in [2.24, 2.45) is 0 Å². The third kappa shape index (κ3) is 7.42. The van der Waals surface area contributed by atoms with Gasteiger partial charge in [-0.05, 0) is 68.9 Å². The van der Waals surface area contributed by atoms with Crippen molar-refractivity contribution in [3.8, 4) is 5.75 Å². The Labute approximate surface area is 181 Å². The van der Waals surface area contributed by atoms with Gasteiger partial charge >= 0.3 is 0 Å². The smallest absolute Gasteiger partial charge is 0.193 e. The minimum absolute atomic E-state index is 0.0534. The van der Waals surface area contributed by atoms with Gasteiger partial charge < -0.3 is 9.64 Å². The minimum Gasteiger partial charge on any atom is -0.492 e. The summed E-state index contributed by atoms with van der Waals surface area (Å²) in [7, 11) is 2.11. The topological polar surface area (TPSA) is 29.5 Å². The Hall–Kier alpha value is -1.62. The molecule has 0 unspecified atom stereocenters. The van der Waals surface area contributed by atoms with E-state index in [4.69, 9.17) is 16.3 Å². The molecule has 0 aromatic heterocycles. The fourth-order valence-corrected chi connectivity index (χ4v) is 3.36. The molecule has 2 aromatic carbocycles. The Morgan fingerprint density at radius 3 is 2.46 bits per heavy atom. The lowest BCUT2D eigenvalue weighted by atomic mass is 10.0. The van der Waals surface area contributed by atoms with E-state index >= 15 is 0 Å². The molecule has 0 saturated carbocycles. The molecule has 0 atom stereocenters. The Bertz CT molecular complexity index is 777. The van der Waals surface area contributed by atoms with Crippen LogP contribution in [0.25, 0.3) is 0 Å². The number of hydrogen-bond donors (Lipinski definition) is 0. The van der Waals surface area contributed by atoms with E-state index in [-0.39, 0.29) is 5.78 Å². The van der Waals surface area contributed by atoms with E-state index in [9.17, 15) is 4.79 Å². The van der Waals surface area contributed by atoms with Crippen LogP contribution in [0.4, 0.5) is 0 Å². The molecule has 0 spiro atoms. The molecule has 0 aliphatic rings. The fourth-order valence-electron chi connectivity index (χ4n) is 2.86. The second-order valence-electron chi connectivity index (χ2n) is 6.79. The van der Waals surface area contributed by atoms with E-state index in [1.165, 1.54) is 12.8 Å². The van der Waals surface area contributed by atoms with Crippen LogP contribution in [-0.4, -0.2) is 37.4 Å². The number of rotatable bonds is 12. The summed E-state index contributed by atoms with van der Waals surface area (Å²) in [5, 5.41) is 0.467. The van der Waals surface area contributed by atoms with Gasteiger partial charge in [0.05, 0.1) is 11.6 Å². The zero-order valence-electron chi connectivity index (χ0n) is 16.3. The molecular weight excluding hydrogens is 438 g/mol. The molecule has 0 aliphatic heterocycles. The predicted octanol–water partition coefficient (Wildman–Crippen LogP) is 6.39. The summed E-state index contributed by atoms with van der Waals surface area (Å²) in [5.41, 5.74) is 1.19. The van der Waals surface area contributed by atoms with Gasteiger partial charge in [0, 0.05) is 22.1 Å². The van der Waals surface area contributed by atoms with E-state index in [1.807, 2.05) is 18.2 Å². The lowest BCUT2D eigenvalue weighted by molar-refractivity contribution is 0.103. The molecule has 3 nitrogen and oxygen atoms in total. The highest BCUT2D eigenvalue weighted by Gasteiger charge is 2.12. The van der Waals surface area contributed by atoms with Crippen LogP contribution in [0.3, 0.4) is 0 Å². The molecule has 2 rings (SSSR count). The van der Waals surface area contributed by atoms with Crippen LogP contribution in [0.1, 0.15) is 41.6 Å². The molecule has 0 amide bonds. The van der Waals surface area contributed by atoms with Crippen molar-refractivity contribution >= 4 is 33.3 Å². The number of carbonyl (C=O) groups excluding carboxylic acids is 1. The number of unbranched alkanes of at least 4 members (excludes halogenated alkanes) is 3. The van der Waals surface area contributed by atoms with Crippen LogP contribution >= 0.6 is 27.5 Å². The highest BCUT2D eigenvalue weighted by molar-refractivity contribution is 9.10. The summed E-state index contributed by atoms with van der Waals surface area (Å²) < 4.78 is 6.73. The van der Waals surface area contributed by atoms with Crippen molar-refractivity contribution in [3.63, 3.8) is 0 Å². The van der Waals surface area contributed by atoms with E-state index in [2.05, 4.69) is 34.5 Å². The standard InChI is InChI=1S/C23H27BrClNO2/c1-3-14-26(2)15-6-4-5-7-16-28-22-13-10-19(17-21(22)25)23(27)18-8-11-20(24)12-9-18/h3,8-13,17H,1,4-7,14-16H2,2H3. The zero-order valence-corrected chi connectivity index (χ0v) is 18.6. The Kier molecular flexibility index (Phi) is 9.76. The number of benzene rings is 2. The number of halogens is 2. The van der Waals surface area contributed by atoms with E-state index in [0.29, 0.717) is 28.5 Å². The summed E-state index contributed by atoms with van der Waals surface area (Å²) in [6.45, 7) is 6.40. The van der Waals surface area contributed by atoms with Crippen LogP contribution in [0, 0.1) is 0 Å². The van der Waals surface area contributed by atoms with Crippen molar-refractivity contribution in [1.82, 2.24) is 4.90 Å². The molecule has 0 bridgehead atoms. The van der Waals surface area contributed by atoms with Crippen molar-refractivity contribution in [2.45, 2.75) is 25.7 Å². The number of ketones is 1. The first kappa shape index (κ1) is 22.7. The number of carbonyl (C=O) groups is 1. The van der Waals surface area contributed by atoms with E-state index < -0.39 is 0 Å². The van der Waals surface area contributed by atoms with Crippen LogP contribution in [0.15, 0.2) is 59.6 Å². The SMILES string of the molecule is C=CCN(C)CCCCCCOc1ccc(C(=O)c2ccc(Br)cc2)cc1Cl. The van der Waals surface area contributed by atoms with Gasteiger partial charge in [0.2, 0.25) is 0 Å². The number of likely N-dealkylation sites (N-methyl/N-ethyl adjacent to an activating group) is 1. The molecule has 0 heterocycles. The monoisotopic (exact) mass is 463 g/mol. The second kappa shape index (κ2) is 12.1. The first-order valence-corrected chi connectivity index (χ1v) is 10.7. The average molecular weight is 465 g/mol. The van der Waals surface area contributed by atoms with Gasteiger partial charge in [0.15, 0.2) is 5.78 Å². The maximum absolute atomic E-state index is 12.5. The molecule has 0 fully saturated rings. The van der Waals surface area contributed by atoms with Crippen LogP contribution in [0.5, 0.6) is 5.75 Å². The van der Waals surface area contributed by atoms with E-state index in [1.54, 1.807) is 30.3 Å². The maximum atomic E-state index is 12.5. The van der Waals surface area contributed by atoms with Crippen molar-refractivity contribution in [2.75, 3.05) is 26.7 Å². The number of nitrogens with zero attached hydrogens (tertiary/aromatic N) is 1. The Balaban J connectivity index is 1.76. The summed E-state index contributed by atoms with van der Waals surface area (Å²) >= 11 is 9.69. The fraction of sp³-hybridized carbons (Fsp3) is 0.348. The largest absolute Gasteiger partial charge is 0.492 e. The van der Waals surface area contributed by atoms with Crippen molar-refractivity contribution in [3.05, 3.63) is 75.7 Å². The summed E-state index contributed by atoms with van der Waals surface area (Å²) in [5.74, 6) is 0.571. The third-order valence-electron chi connectivity index (χ3n) is 4.43. The van der Waals surface area contributed by atoms with Gasteiger partial charge in [-0.2, -0.15) is 0 Å². The van der Waals surface area contributed by atoms with Gasteiger partial charge in [-0.1, -0.05) is 46.4 Å². The highest BCUT2D eigenvalue weighted by atomic mass is 79.9. The molecule has 5 heteroatoms. The summed E-state index contributed by atoms with van der Waals surface area (Å²) in [4.78, 5) is 14.8. The van der Waals surface area contributed by atoms with Gasteiger partial charge in [-0.15, -0.1) is 6.58 Å². The molecule has 0 aliphatic carbocycles. The van der Waals surface area contributed by atoms with Gasteiger partial charge in [0.25, 0.3) is 0 Å². The van der Waals surface area contributed by atoms with Gasteiger partial charge in [-0.3, -0.25) is 4.79 Å². The number of hydrogen-bond acceptors (Lipinski definition) is 3. The Morgan fingerprint density at radius 1 is 1.11 bits per heavy atom. The molecule has 0 N–H and O–H groups in total. The highest BCUT2D eigenvalue weighted by Crippen LogP contribution is 2.27. The molecule has 2 aromatic rings. The quantitative estimate of drug-likeness (QED) is 0.207. The van der Waals surface area contributed by atoms with Crippen LogP contribution < -0.4 is 4.74 Å². The Morgan fingerprint density at radius 2 is 1.79 bits per heavy atom. The first-order chi connectivity index (χ1) is 13.5. The summed E-state index contributed by atoms with van der Waals surface area (Å²) in [6.07, 6.45) is 6.40.